The molecule has 0 radical (unpaired) electrons. The molecule has 4 heteroatoms. The molecule has 1 heterocycles. The van der Waals surface area contributed by atoms with E-state index in [1.165, 1.54) is 24.0 Å². The van der Waals surface area contributed by atoms with E-state index in [1.54, 1.807) is 17.1 Å². The number of hydrogen-bond acceptors (Lipinski definition) is 2. The van der Waals surface area contributed by atoms with Crippen LogP contribution in [0.4, 0.5) is 0 Å². The molecule has 0 amide bonds. The van der Waals surface area contributed by atoms with Gasteiger partial charge in [0.25, 0.3) is 0 Å². The third-order valence-electron chi connectivity index (χ3n) is 3.35. The largest absolute Gasteiger partial charge is 0.480 e. The molecule has 2 aromatic rings. The van der Waals surface area contributed by atoms with Crippen molar-refractivity contribution in [3.05, 3.63) is 41.9 Å². The summed E-state index contributed by atoms with van der Waals surface area (Å²) in [6, 6.07) is 6.40. The minimum Gasteiger partial charge on any atom is -0.480 e. The van der Waals surface area contributed by atoms with Gasteiger partial charge in [-0.15, -0.1) is 0 Å². The summed E-state index contributed by atoms with van der Waals surface area (Å²) < 4.78 is 1.59. The molecule has 1 aliphatic carbocycles. The third-order valence-corrected chi connectivity index (χ3v) is 3.35. The van der Waals surface area contributed by atoms with E-state index >= 15 is 0 Å². The highest BCUT2D eigenvalue weighted by Crippen LogP contribution is 2.27. The number of imidazole rings is 1. The zero-order valence-electron chi connectivity index (χ0n) is 9.97. The van der Waals surface area contributed by atoms with Gasteiger partial charge < -0.3 is 9.67 Å². The maximum atomic E-state index is 10.6. The van der Waals surface area contributed by atoms with Crippen molar-refractivity contribution in [3.8, 4) is 11.3 Å². The quantitative estimate of drug-likeness (QED) is 0.897. The number of nitrogens with zero attached hydrogens (tertiary/aromatic N) is 2. The molecule has 1 aliphatic rings. The van der Waals surface area contributed by atoms with Crippen LogP contribution in [-0.4, -0.2) is 20.6 Å². The van der Waals surface area contributed by atoms with Gasteiger partial charge in [0.1, 0.15) is 6.54 Å². The normalized spacial score (nSPS) is 13.6. The van der Waals surface area contributed by atoms with E-state index in [4.69, 9.17) is 5.11 Å². The molecule has 92 valence electrons. The Morgan fingerprint density at radius 3 is 3.00 bits per heavy atom. The van der Waals surface area contributed by atoms with Crippen LogP contribution in [0, 0.1) is 0 Å². The van der Waals surface area contributed by atoms with E-state index in [9.17, 15) is 4.79 Å². The number of rotatable bonds is 3. The first-order chi connectivity index (χ1) is 8.72. The lowest BCUT2D eigenvalue weighted by Gasteiger charge is -2.02. The van der Waals surface area contributed by atoms with Crippen LogP contribution in [0.3, 0.4) is 0 Å². The van der Waals surface area contributed by atoms with Gasteiger partial charge in [-0.1, -0.05) is 12.1 Å². The second-order valence-corrected chi connectivity index (χ2v) is 4.66. The summed E-state index contributed by atoms with van der Waals surface area (Å²) in [4.78, 5) is 14.9. The highest BCUT2D eigenvalue weighted by atomic mass is 16.4. The fourth-order valence-electron chi connectivity index (χ4n) is 2.48. The monoisotopic (exact) mass is 242 g/mol. The SMILES string of the molecule is O=C(O)Cn1cnc(-c2ccc3c(c2)CCC3)c1. The van der Waals surface area contributed by atoms with E-state index in [1.807, 2.05) is 0 Å². The summed E-state index contributed by atoms with van der Waals surface area (Å²) in [5.41, 5.74) is 4.75. The Hall–Kier alpha value is -2.10. The predicted molar refractivity (Wildman–Crippen MR) is 67.3 cm³/mol. The molecular weight excluding hydrogens is 228 g/mol. The van der Waals surface area contributed by atoms with E-state index in [0.717, 1.165) is 17.7 Å². The van der Waals surface area contributed by atoms with Crippen LogP contribution in [0.1, 0.15) is 17.5 Å². The van der Waals surface area contributed by atoms with Crippen molar-refractivity contribution in [1.82, 2.24) is 9.55 Å². The zero-order chi connectivity index (χ0) is 12.5. The number of benzene rings is 1. The number of aromatic nitrogens is 2. The average molecular weight is 242 g/mol. The Labute approximate surface area is 105 Å². The molecule has 1 aromatic heterocycles. The molecule has 0 saturated heterocycles. The van der Waals surface area contributed by atoms with Crippen LogP contribution >= 0.6 is 0 Å². The van der Waals surface area contributed by atoms with Crippen LogP contribution in [0.25, 0.3) is 11.3 Å². The molecular formula is C14H14N2O2. The topological polar surface area (TPSA) is 55.1 Å². The fourth-order valence-corrected chi connectivity index (χ4v) is 2.48. The molecule has 3 rings (SSSR count). The van der Waals surface area contributed by atoms with Crippen molar-refractivity contribution in [2.75, 3.05) is 0 Å². The maximum absolute atomic E-state index is 10.6. The Morgan fingerprint density at radius 1 is 1.33 bits per heavy atom. The van der Waals surface area contributed by atoms with Crippen molar-refractivity contribution in [1.29, 1.82) is 0 Å². The van der Waals surface area contributed by atoms with Crippen LogP contribution in [-0.2, 0) is 24.2 Å². The third kappa shape index (κ3) is 2.01. The van der Waals surface area contributed by atoms with Gasteiger partial charge in [0.2, 0.25) is 0 Å². The van der Waals surface area contributed by atoms with Gasteiger partial charge in [-0.3, -0.25) is 4.79 Å². The summed E-state index contributed by atoms with van der Waals surface area (Å²) in [5, 5.41) is 8.72. The number of fused-ring (bicyclic) bond motifs is 1. The smallest absolute Gasteiger partial charge is 0.323 e. The van der Waals surface area contributed by atoms with Gasteiger partial charge in [-0.25, -0.2) is 4.98 Å². The number of hydrogen-bond donors (Lipinski definition) is 1. The summed E-state index contributed by atoms with van der Waals surface area (Å²) in [6.45, 7) is -0.0437. The van der Waals surface area contributed by atoms with Gasteiger partial charge >= 0.3 is 5.97 Å². The molecule has 0 fully saturated rings. The van der Waals surface area contributed by atoms with Gasteiger partial charge in [-0.2, -0.15) is 0 Å². The molecule has 0 bridgehead atoms. The van der Waals surface area contributed by atoms with Crippen molar-refractivity contribution < 1.29 is 9.90 Å². The Kier molecular flexibility index (Phi) is 2.63. The van der Waals surface area contributed by atoms with Crippen molar-refractivity contribution in [2.45, 2.75) is 25.8 Å². The van der Waals surface area contributed by atoms with Gasteiger partial charge in [-0.05, 0) is 36.5 Å². The fraction of sp³-hybridized carbons (Fsp3) is 0.286. The highest BCUT2D eigenvalue weighted by Gasteiger charge is 2.12. The summed E-state index contributed by atoms with van der Waals surface area (Å²) >= 11 is 0. The molecule has 18 heavy (non-hydrogen) atoms. The van der Waals surface area contributed by atoms with Gasteiger partial charge in [0, 0.05) is 11.8 Å². The molecule has 0 spiro atoms. The van der Waals surface area contributed by atoms with Crippen molar-refractivity contribution in [2.24, 2.45) is 0 Å². The van der Waals surface area contributed by atoms with Crippen LogP contribution in [0.15, 0.2) is 30.7 Å². The first-order valence-electron chi connectivity index (χ1n) is 6.08. The first kappa shape index (κ1) is 11.0. The number of carboxylic acid groups (broad SMARTS) is 1. The number of aryl methyl sites for hydroxylation is 2. The number of carboxylic acids is 1. The van der Waals surface area contributed by atoms with Gasteiger partial charge in [0.05, 0.1) is 12.0 Å². The maximum Gasteiger partial charge on any atom is 0.323 e. The zero-order valence-corrected chi connectivity index (χ0v) is 9.97. The van der Waals surface area contributed by atoms with Crippen LogP contribution in [0.5, 0.6) is 0 Å². The number of carbonyl (C=O) groups is 1. The second-order valence-electron chi connectivity index (χ2n) is 4.66. The first-order valence-corrected chi connectivity index (χ1v) is 6.08. The molecule has 0 atom stereocenters. The minimum absolute atomic E-state index is 0.0437. The van der Waals surface area contributed by atoms with Crippen molar-refractivity contribution in [3.63, 3.8) is 0 Å². The van der Waals surface area contributed by atoms with E-state index in [-0.39, 0.29) is 6.54 Å². The van der Waals surface area contributed by atoms with Crippen molar-refractivity contribution >= 4 is 5.97 Å². The van der Waals surface area contributed by atoms with E-state index in [0.29, 0.717) is 0 Å². The number of aliphatic carboxylic acids is 1. The summed E-state index contributed by atoms with van der Waals surface area (Å²) in [5.74, 6) is -0.854. The Balaban J connectivity index is 1.90. The molecule has 0 aliphatic heterocycles. The molecule has 1 aromatic carbocycles. The second kappa shape index (κ2) is 4.29. The Bertz CT molecular complexity index is 602. The average Bonchev–Trinajstić information content (AvgIpc) is 2.95. The summed E-state index contributed by atoms with van der Waals surface area (Å²) in [7, 11) is 0. The Morgan fingerprint density at radius 2 is 2.17 bits per heavy atom. The van der Waals surface area contributed by atoms with Crippen LogP contribution < -0.4 is 0 Å². The van der Waals surface area contributed by atoms with Crippen LogP contribution in [0.2, 0.25) is 0 Å². The van der Waals surface area contributed by atoms with E-state index in [2.05, 4.69) is 23.2 Å². The lowest BCUT2D eigenvalue weighted by molar-refractivity contribution is -0.137. The van der Waals surface area contributed by atoms with E-state index < -0.39 is 5.97 Å². The predicted octanol–water partition coefficient (Wildman–Crippen LogP) is 2.12. The minimum atomic E-state index is -0.854. The lowest BCUT2D eigenvalue weighted by Crippen LogP contribution is -2.06. The standard InChI is InChI=1S/C14H14N2O2/c17-14(18)8-16-7-13(15-9-16)12-5-4-10-2-1-3-11(10)6-12/h4-7,9H,1-3,8H2,(H,17,18). The molecule has 4 nitrogen and oxygen atoms in total. The highest BCUT2D eigenvalue weighted by molar-refractivity contribution is 5.67. The molecule has 1 N–H and O–H groups in total. The molecule has 0 unspecified atom stereocenters. The van der Waals surface area contributed by atoms with Gasteiger partial charge in [0.15, 0.2) is 0 Å². The molecule has 0 saturated carbocycles. The summed E-state index contributed by atoms with van der Waals surface area (Å²) in [6.07, 6.45) is 6.88. The lowest BCUT2D eigenvalue weighted by atomic mass is 10.0.